The van der Waals surface area contributed by atoms with Crippen LogP contribution in [-0.4, -0.2) is 84.5 Å². The lowest BCUT2D eigenvalue weighted by atomic mass is 9.95. The Kier molecular flexibility index (Phi) is 8.00. The maximum absolute atomic E-state index is 12.5. The SMILES string of the molecule is Cc1cn([C@@H]2OC(COS(C)(=O)=O)(COS(C)(=O)=O)C(N=[N+]=[N-])[C@H]2OS(C)(=O)=O)c(=O)[nH]c1=O. The summed E-state index contributed by atoms with van der Waals surface area (Å²) in [5.74, 6) is 0. The van der Waals surface area contributed by atoms with Crippen LogP contribution >= 0.6 is 0 Å². The number of aryl methyl sites for hydroxylation is 1. The van der Waals surface area contributed by atoms with Gasteiger partial charge in [0.15, 0.2) is 6.23 Å². The molecule has 2 rings (SSSR count). The van der Waals surface area contributed by atoms with E-state index in [4.69, 9.17) is 22.8 Å². The van der Waals surface area contributed by atoms with Gasteiger partial charge in [-0.25, -0.2) is 4.79 Å². The van der Waals surface area contributed by atoms with Crippen molar-refractivity contribution in [1.82, 2.24) is 9.55 Å². The fraction of sp³-hybridized carbons (Fsp3) is 0.714. The van der Waals surface area contributed by atoms with Gasteiger partial charge >= 0.3 is 5.69 Å². The minimum atomic E-state index is -4.34. The van der Waals surface area contributed by atoms with Gasteiger partial charge in [0.1, 0.15) is 17.7 Å². The third-order valence-corrected chi connectivity index (χ3v) is 6.07. The number of H-pyrrole nitrogens is 1. The number of aromatic amines is 1. The van der Waals surface area contributed by atoms with Gasteiger partial charge in [-0.3, -0.25) is 26.9 Å². The van der Waals surface area contributed by atoms with Crippen molar-refractivity contribution in [2.75, 3.05) is 32.0 Å². The Bertz CT molecular complexity index is 1390. The van der Waals surface area contributed by atoms with E-state index in [0.29, 0.717) is 23.3 Å². The summed E-state index contributed by atoms with van der Waals surface area (Å²) >= 11 is 0. The number of nitrogens with one attached hydrogen (secondary N) is 1. The van der Waals surface area contributed by atoms with E-state index in [2.05, 4.69) is 10.0 Å². The van der Waals surface area contributed by atoms with E-state index in [1.165, 1.54) is 6.92 Å². The van der Waals surface area contributed by atoms with Crippen molar-refractivity contribution in [2.24, 2.45) is 5.11 Å². The van der Waals surface area contributed by atoms with Crippen LogP contribution in [0.25, 0.3) is 10.4 Å². The number of hydrogen-bond acceptors (Lipinski definition) is 13. The first-order chi connectivity index (χ1) is 15.4. The van der Waals surface area contributed by atoms with Gasteiger partial charge in [0.2, 0.25) is 0 Å². The summed E-state index contributed by atoms with van der Waals surface area (Å²) in [7, 11) is -12.7. The summed E-state index contributed by atoms with van der Waals surface area (Å²) in [5, 5.41) is 3.42. The summed E-state index contributed by atoms with van der Waals surface area (Å²) in [4.78, 5) is 28.8. The van der Waals surface area contributed by atoms with Crippen LogP contribution < -0.4 is 11.2 Å². The Labute approximate surface area is 193 Å². The normalized spacial score (nSPS) is 22.9. The zero-order chi connectivity index (χ0) is 26.1. The van der Waals surface area contributed by atoms with Gasteiger partial charge in [-0.05, 0) is 12.5 Å². The maximum Gasteiger partial charge on any atom is 0.330 e. The van der Waals surface area contributed by atoms with E-state index < -0.39 is 78.8 Å². The molecule has 3 atom stereocenters. The van der Waals surface area contributed by atoms with E-state index in [1.54, 1.807) is 0 Å². The first kappa shape index (κ1) is 27.9. The summed E-state index contributed by atoms with van der Waals surface area (Å²) in [5.41, 5.74) is 4.93. The van der Waals surface area contributed by atoms with E-state index in [-0.39, 0.29) is 5.56 Å². The van der Waals surface area contributed by atoms with Crippen molar-refractivity contribution in [1.29, 1.82) is 0 Å². The maximum atomic E-state index is 12.5. The minimum absolute atomic E-state index is 0.0149. The lowest BCUT2D eigenvalue weighted by Crippen LogP contribution is -2.51. The van der Waals surface area contributed by atoms with Gasteiger partial charge in [-0.2, -0.15) is 25.3 Å². The first-order valence-corrected chi connectivity index (χ1v) is 14.4. The number of ether oxygens (including phenoxy) is 1. The molecule has 17 nitrogen and oxygen atoms in total. The molecule has 0 spiro atoms. The second-order valence-electron chi connectivity index (χ2n) is 7.40. The predicted molar refractivity (Wildman–Crippen MR) is 113 cm³/mol. The van der Waals surface area contributed by atoms with Crippen LogP contribution in [0.4, 0.5) is 0 Å². The van der Waals surface area contributed by atoms with E-state index in [9.17, 15) is 34.8 Å². The molecule has 1 aromatic heterocycles. The first-order valence-electron chi connectivity index (χ1n) is 8.99. The fourth-order valence-electron chi connectivity index (χ4n) is 3.05. The average molecular weight is 548 g/mol. The number of rotatable bonds is 10. The molecule has 0 radical (unpaired) electrons. The van der Waals surface area contributed by atoms with Gasteiger partial charge < -0.3 is 4.74 Å². The summed E-state index contributed by atoms with van der Waals surface area (Å²) < 4.78 is 91.3. The van der Waals surface area contributed by atoms with Crippen molar-refractivity contribution < 1.29 is 42.5 Å². The molecule has 1 aromatic rings. The van der Waals surface area contributed by atoms with Gasteiger partial charge in [-0.1, -0.05) is 5.11 Å². The third kappa shape index (κ3) is 7.09. The number of azide groups is 1. The molecule has 0 bridgehead atoms. The second-order valence-corrected chi connectivity index (χ2v) is 12.3. The monoisotopic (exact) mass is 547 g/mol. The van der Waals surface area contributed by atoms with Crippen molar-refractivity contribution in [3.8, 4) is 0 Å². The van der Waals surface area contributed by atoms with Crippen LogP contribution in [0.5, 0.6) is 0 Å². The zero-order valence-electron chi connectivity index (χ0n) is 18.1. The minimum Gasteiger partial charge on any atom is -0.343 e. The molecule has 1 saturated heterocycles. The molecule has 0 aliphatic carbocycles. The molecule has 1 N–H and O–H groups in total. The van der Waals surface area contributed by atoms with Crippen LogP contribution in [-0.2, 0) is 47.6 Å². The molecule has 1 unspecified atom stereocenters. The second kappa shape index (κ2) is 9.74. The lowest BCUT2D eigenvalue weighted by molar-refractivity contribution is -0.121. The lowest BCUT2D eigenvalue weighted by Gasteiger charge is -2.31. The Morgan fingerprint density at radius 3 is 2.06 bits per heavy atom. The van der Waals surface area contributed by atoms with Crippen molar-refractivity contribution in [3.63, 3.8) is 0 Å². The Morgan fingerprint density at radius 1 is 1.09 bits per heavy atom. The molecule has 0 amide bonds. The van der Waals surface area contributed by atoms with E-state index >= 15 is 0 Å². The molecular formula is C14H21N5O12S3. The summed E-state index contributed by atoms with van der Waals surface area (Å²) in [6.45, 7) is -0.738. The number of hydrogen-bond donors (Lipinski definition) is 1. The smallest absolute Gasteiger partial charge is 0.330 e. The van der Waals surface area contributed by atoms with Crippen LogP contribution in [0.1, 0.15) is 11.8 Å². The highest BCUT2D eigenvalue weighted by Gasteiger charge is 2.59. The van der Waals surface area contributed by atoms with E-state index in [0.717, 1.165) is 6.20 Å². The molecule has 0 aromatic carbocycles. The molecule has 1 aliphatic heterocycles. The highest BCUT2D eigenvalue weighted by atomic mass is 32.2. The molecule has 20 heteroatoms. The fourth-order valence-corrected chi connectivity index (χ4v) is 4.48. The van der Waals surface area contributed by atoms with Crippen molar-refractivity contribution in [2.45, 2.75) is 30.9 Å². The van der Waals surface area contributed by atoms with Crippen molar-refractivity contribution >= 4 is 30.4 Å². The Hall–Kier alpha value is -2.32. The van der Waals surface area contributed by atoms with Gasteiger partial charge in [0.05, 0.1) is 32.0 Å². The highest BCUT2D eigenvalue weighted by molar-refractivity contribution is 7.86. The van der Waals surface area contributed by atoms with Crippen molar-refractivity contribution in [3.05, 3.63) is 43.0 Å². The van der Waals surface area contributed by atoms with Crippen LogP contribution in [0.15, 0.2) is 20.9 Å². The molecule has 34 heavy (non-hydrogen) atoms. The Balaban J connectivity index is 2.79. The van der Waals surface area contributed by atoms with E-state index in [1.807, 2.05) is 4.98 Å². The van der Waals surface area contributed by atoms with Gasteiger partial charge in [0, 0.05) is 16.7 Å². The zero-order valence-corrected chi connectivity index (χ0v) is 20.6. The molecule has 0 saturated carbocycles. The number of aromatic nitrogens is 2. The molecule has 192 valence electrons. The molecule has 1 aliphatic rings. The molecule has 2 heterocycles. The molecule has 1 fully saturated rings. The van der Waals surface area contributed by atoms with Gasteiger partial charge in [-0.15, -0.1) is 0 Å². The van der Waals surface area contributed by atoms with Crippen LogP contribution in [0.3, 0.4) is 0 Å². The highest BCUT2D eigenvalue weighted by Crippen LogP contribution is 2.42. The third-order valence-electron chi connectivity index (χ3n) is 4.40. The van der Waals surface area contributed by atoms with Crippen LogP contribution in [0.2, 0.25) is 0 Å². The predicted octanol–water partition coefficient (Wildman–Crippen LogP) is -1.91. The number of nitrogens with zero attached hydrogens (tertiary/aromatic N) is 4. The standard InChI is InChI=1S/C14H21N5O12S3/c1-8-5-19(13(21)16-11(8)20)12-9(31-34(4,26)27)10(17-18-15)14(30-12,6-28-32(2,22)23)7-29-33(3,24)25/h5,9-10,12H,6-7H2,1-4H3,(H,16,20,21)/t9-,10?,12-/m1/s1. The van der Waals surface area contributed by atoms with Gasteiger partial charge in [0.25, 0.3) is 35.9 Å². The molecular weight excluding hydrogens is 526 g/mol. The topological polar surface area (TPSA) is 243 Å². The Morgan fingerprint density at radius 2 is 1.62 bits per heavy atom. The summed E-state index contributed by atoms with van der Waals surface area (Å²) in [6, 6.07) is -1.81. The summed E-state index contributed by atoms with van der Waals surface area (Å²) in [6.07, 6.45) is -0.679. The largest absolute Gasteiger partial charge is 0.343 e. The average Bonchev–Trinajstić information content (AvgIpc) is 2.93. The van der Waals surface area contributed by atoms with Crippen LogP contribution in [0, 0.1) is 6.92 Å². The quantitative estimate of drug-likeness (QED) is 0.146.